The van der Waals surface area contributed by atoms with Gasteiger partial charge < -0.3 is 5.32 Å². The number of nitrogens with zero attached hydrogens (tertiary/aromatic N) is 1. The summed E-state index contributed by atoms with van der Waals surface area (Å²) < 4.78 is 0. The minimum atomic E-state index is 0.112. The molecule has 1 aromatic heterocycles. The summed E-state index contributed by atoms with van der Waals surface area (Å²) in [5.41, 5.74) is 2.44. The van der Waals surface area contributed by atoms with Gasteiger partial charge in [-0.3, -0.25) is 0 Å². The molecular weight excluding hydrogens is 228 g/mol. The average molecular weight is 242 g/mol. The number of thiophene rings is 1. The molecule has 2 rings (SSSR count). The van der Waals surface area contributed by atoms with Crippen LogP contribution in [0.3, 0.4) is 0 Å². The van der Waals surface area contributed by atoms with Crippen molar-refractivity contribution >= 4 is 11.3 Å². The molecule has 2 nitrogen and oxygen atoms in total. The number of hydrogen-bond acceptors (Lipinski definition) is 3. The van der Waals surface area contributed by atoms with Crippen LogP contribution in [0.2, 0.25) is 0 Å². The zero-order valence-corrected chi connectivity index (χ0v) is 10.3. The molecule has 1 unspecified atom stereocenters. The summed E-state index contributed by atoms with van der Waals surface area (Å²) in [5, 5.41) is 16.5. The van der Waals surface area contributed by atoms with E-state index in [9.17, 15) is 0 Å². The number of nitriles is 1. The molecule has 3 heteroatoms. The van der Waals surface area contributed by atoms with Crippen LogP contribution in [-0.2, 0) is 6.54 Å². The van der Waals surface area contributed by atoms with Gasteiger partial charge in [0.2, 0.25) is 0 Å². The molecule has 0 radical (unpaired) electrons. The third-order valence-corrected chi connectivity index (χ3v) is 3.36. The van der Waals surface area contributed by atoms with E-state index >= 15 is 0 Å². The lowest BCUT2D eigenvalue weighted by Gasteiger charge is -2.15. The zero-order chi connectivity index (χ0) is 11.9. The Hall–Kier alpha value is -1.63. The third-order valence-electron chi connectivity index (χ3n) is 2.63. The van der Waals surface area contributed by atoms with Crippen molar-refractivity contribution in [3.63, 3.8) is 0 Å². The van der Waals surface area contributed by atoms with Gasteiger partial charge in [-0.1, -0.05) is 30.3 Å². The molecule has 0 bridgehead atoms. The second kappa shape index (κ2) is 6.19. The first kappa shape index (κ1) is 11.8. The van der Waals surface area contributed by atoms with Crippen molar-refractivity contribution in [2.45, 2.75) is 19.0 Å². The Kier molecular flexibility index (Phi) is 4.31. The van der Waals surface area contributed by atoms with Gasteiger partial charge in [-0.2, -0.15) is 16.6 Å². The molecule has 0 aliphatic rings. The van der Waals surface area contributed by atoms with Gasteiger partial charge in [-0.25, -0.2) is 0 Å². The highest BCUT2D eigenvalue weighted by Crippen LogP contribution is 2.17. The first-order valence-electron chi connectivity index (χ1n) is 5.56. The van der Waals surface area contributed by atoms with Crippen LogP contribution in [0.25, 0.3) is 0 Å². The lowest BCUT2D eigenvalue weighted by molar-refractivity contribution is 0.543. The maximum Gasteiger partial charge on any atom is 0.0641 e. The minimum Gasteiger partial charge on any atom is -0.305 e. The van der Waals surface area contributed by atoms with E-state index < -0.39 is 0 Å². The third kappa shape index (κ3) is 3.42. The lowest BCUT2D eigenvalue weighted by atomic mass is 10.0. The smallest absolute Gasteiger partial charge is 0.0641 e. The predicted octanol–water partition coefficient (Wildman–Crippen LogP) is 3.49. The molecule has 1 N–H and O–H groups in total. The highest BCUT2D eigenvalue weighted by molar-refractivity contribution is 7.07. The Morgan fingerprint density at radius 1 is 1.24 bits per heavy atom. The summed E-state index contributed by atoms with van der Waals surface area (Å²) in [6.07, 6.45) is 0.494. The van der Waals surface area contributed by atoms with E-state index in [4.69, 9.17) is 5.26 Å². The molecule has 0 fully saturated rings. The van der Waals surface area contributed by atoms with E-state index in [2.05, 4.69) is 40.3 Å². The summed E-state index contributed by atoms with van der Waals surface area (Å²) >= 11 is 1.70. The highest BCUT2D eigenvalue weighted by atomic mass is 32.1. The molecule has 86 valence electrons. The van der Waals surface area contributed by atoms with Gasteiger partial charge in [0.1, 0.15) is 0 Å². The topological polar surface area (TPSA) is 35.8 Å². The van der Waals surface area contributed by atoms with E-state index in [1.807, 2.05) is 18.2 Å². The molecule has 0 aliphatic heterocycles. The summed E-state index contributed by atoms with van der Waals surface area (Å²) in [5.74, 6) is 0. The van der Waals surface area contributed by atoms with E-state index in [1.54, 1.807) is 11.3 Å². The Balaban J connectivity index is 2.01. The van der Waals surface area contributed by atoms with Crippen LogP contribution in [0, 0.1) is 11.3 Å². The van der Waals surface area contributed by atoms with Crippen molar-refractivity contribution in [3.8, 4) is 6.07 Å². The summed E-state index contributed by atoms with van der Waals surface area (Å²) in [6, 6.07) is 14.6. The van der Waals surface area contributed by atoms with Crippen molar-refractivity contribution in [2.75, 3.05) is 0 Å². The Labute approximate surface area is 106 Å². The van der Waals surface area contributed by atoms with Gasteiger partial charge in [0.05, 0.1) is 12.5 Å². The number of benzene rings is 1. The number of hydrogen-bond donors (Lipinski definition) is 1. The summed E-state index contributed by atoms with van der Waals surface area (Å²) in [4.78, 5) is 0. The maximum absolute atomic E-state index is 8.87. The Bertz CT molecular complexity index is 471. The molecule has 0 aliphatic carbocycles. The van der Waals surface area contributed by atoms with E-state index in [-0.39, 0.29) is 6.04 Å². The summed E-state index contributed by atoms with van der Waals surface area (Å²) in [6.45, 7) is 0.810. The molecule has 0 saturated carbocycles. The fourth-order valence-electron chi connectivity index (χ4n) is 1.72. The largest absolute Gasteiger partial charge is 0.305 e. The van der Waals surface area contributed by atoms with Crippen LogP contribution in [0.15, 0.2) is 47.2 Å². The molecule has 17 heavy (non-hydrogen) atoms. The van der Waals surface area contributed by atoms with Gasteiger partial charge in [0.25, 0.3) is 0 Å². The first-order valence-corrected chi connectivity index (χ1v) is 6.51. The van der Waals surface area contributed by atoms with E-state index in [0.717, 1.165) is 6.54 Å². The van der Waals surface area contributed by atoms with Crippen molar-refractivity contribution in [3.05, 3.63) is 58.3 Å². The monoisotopic (exact) mass is 242 g/mol. The standard InChI is InChI=1S/C14H14N2S/c15-8-6-14(13-4-2-1-3-5-13)16-10-12-7-9-17-11-12/h1-5,7,9,11,14,16H,6,10H2. The van der Waals surface area contributed by atoms with Crippen LogP contribution in [0.1, 0.15) is 23.6 Å². The summed E-state index contributed by atoms with van der Waals surface area (Å²) in [7, 11) is 0. The van der Waals surface area contributed by atoms with Gasteiger partial charge in [0.15, 0.2) is 0 Å². The van der Waals surface area contributed by atoms with Crippen molar-refractivity contribution < 1.29 is 0 Å². The molecule has 2 aromatic rings. The molecule has 0 spiro atoms. The quantitative estimate of drug-likeness (QED) is 0.871. The van der Waals surface area contributed by atoms with E-state index in [0.29, 0.717) is 6.42 Å². The van der Waals surface area contributed by atoms with Crippen LogP contribution < -0.4 is 5.32 Å². The SMILES string of the molecule is N#CCC(NCc1ccsc1)c1ccccc1. The van der Waals surface area contributed by atoms with Crippen molar-refractivity contribution in [2.24, 2.45) is 0 Å². The normalized spacial score (nSPS) is 11.9. The average Bonchev–Trinajstić information content (AvgIpc) is 2.88. The molecule has 0 amide bonds. The molecule has 1 heterocycles. The van der Waals surface area contributed by atoms with Gasteiger partial charge >= 0.3 is 0 Å². The number of nitrogens with one attached hydrogen (secondary N) is 1. The Morgan fingerprint density at radius 2 is 2.06 bits per heavy atom. The number of rotatable bonds is 5. The van der Waals surface area contributed by atoms with Crippen LogP contribution in [0.4, 0.5) is 0 Å². The molecule has 0 saturated heterocycles. The highest BCUT2D eigenvalue weighted by Gasteiger charge is 2.09. The van der Waals surface area contributed by atoms with Gasteiger partial charge in [-0.15, -0.1) is 0 Å². The van der Waals surface area contributed by atoms with Crippen LogP contribution >= 0.6 is 11.3 Å². The van der Waals surface area contributed by atoms with Crippen LogP contribution in [-0.4, -0.2) is 0 Å². The van der Waals surface area contributed by atoms with Gasteiger partial charge in [-0.05, 0) is 28.0 Å². The second-order valence-corrected chi connectivity index (χ2v) is 4.62. The Morgan fingerprint density at radius 3 is 2.71 bits per heavy atom. The van der Waals surface area contributed by atoms with Crippen molar-refractivity contribution in [1.29, 1.82) is 5.26 Å². The van der Waals surface area contributed by atoms with E-state index in [1.165, 1.54) is 11.1 Å². The second-order valence-electron chi connectivity index (χ2n) is 3.84. The predicted molar refractivity (Wildman–Crippen MR) is 70.6 cm³/mol. The fraction of sp³-hybridized carbons (Fsp3) is 0.214. The van der Waals surface area contributed by atoms with Gasteiger partial charge in [0, 0.05) is 12.6 Å². The first-order chi connectivity index (χ1) is 8.40. The lowest BCUT2D eigenvalue weighted by Crippen LogP contribution is -2.20. The molecular formula is C14H14N2S. The zero-order valence-electron chi connectivity index (χ0n) is 9.47. The van der Waals surface area contributed by atoms with Crippen molar-refractivity contribution in [1.82, 2.24) is 5.32 Å². The minimum absolute atomic E-state index is 0.112. The molecule has 1 aromatic carbocycles. The van der Waals surface area contributed by atoms with Crippen LogP contribution in [0.5, 0.6) is 0 Å². The maximum atomic E-state index is 8.87. The molecule has 1 atom stereocenters. The fourth-order valence-corrected chi connectivity index (χ4v) is 2.39.